The van der Waals surface area contributed by atoms with Crippen molar-refractivity contribution in [2.75, 3.05) is 26.6 Å². The maximum atomic E-state index is 13.4. The molecule has 6 aromatic rings. The fourth-order valence-corrected chi connectivity index (χ4v) is 10.1. The topological polar surface area (TPSA) is 306 Å². The minimum atomic E-state index is -5.12. The molecule has 0 atom stereocenters. The van der Waals surface area contributed by atoms with Gasteiger partial charge in [-0.3, -0.25) is 9.11 Å². The fraction of sp³-hybridized carbons (Fsp3) is 0.115. The summed E-state index contributed by atoms with van der Waals surface area (Å²) in [5.74, 6) is -1.90. The molecule has 0 fully saturated rings. The summed E-state index contributed by atoms with van der Waals surface area (Å²) in [5.41, 5.74) is 6.11. The Labute approximate surface area is 417 Å². The average Bonchev–Trinajstić information content (AvgIpc) is 3.31. The van der Waals surface area contributed by atoms with Gasteiger partial charge >= 0.3 is 18.0 Å². The highest BCUT2D eigenvalue weighted by atomic mass is 32.2. The van der Waals surface area contributed by atoms with Gasteiger partial charge in [0.25, 0.3) is 20.2 Å². The number of hydrogen-bond acceptors (Lipinski definition) is 12. The zero-order chi connectivity index (χ0) is 52.8. The molecular formula is C52H46N6O13S2. The van der Waals surface area contributed by atoms with Crippen molar-refractivity contribution in [3.05, 3.63) is 153 Å². The summed E-state index contributed by atoms with van der Waals surface area (Å²) in [6, 6.07) is 24.5. The Morgan fingerprint density at radius 1 is 0.562 bits per heavy atom. The molecule has 73 heavy (non-hydrogen) atoms. The number of benzene rings is 7. The van der Waals surface area contributed by atoms with Crippen LogP contribution in [0, 0.1) is 41.5 Å². The summed E-state index contributed by atoms with van der Waals surface area (Å²) >= 11 is 0. The second-order valence-corrected chi connectivity index (χ2v) is 20.0. The maximum Gasteiger partial charge on any atom is 0.339 e. The Morgan fingerprint density at radius 2 is 1.14 bits per heavy atom. The molecule has 0 saturated carbocycles. The predicted molar refractivity (Wildman–Crippen MR) is 276 cm³/mol. The molecule has 0 saturated heterocycles. The zero-order valence-electron chi connectivity index (χ0n) is 39.7. The first-order chi connectivity index (χ1) is 34.4. The standard InChI is InChI=1S/C52H46N6O13S2/c1-25-19-27(3)48(57-51(63)54-31-11-15-34(59)16-12-31)29(5)46(25)53-33-13-17-35-41(22-33)71-42-24-39(44(73(68,69)70)23-38(42)45(35)36-9-7-8-10-43(36)72(65,66)67)56-47-26(2)20-28(4)49(30(47)6)58-52(64)55-32-14-18-40(60)37(21-32)50(61)62/h7-24,53,59-60H,1-6H3,(H,61,62)(H2,54,57,63)(H2,55,58,64)(H,65,66,67)(H,68,69,70). The lowest BCUT2D eigenvalue weighted by Crippen LogP contribution is -2.21. The predicted octanol–water partition coefficient (Wildman–Crippen LogP) is 10.9. The number of phenolic OH excluding ortho intramolecular Hbond substituents is 1. The van der Waals surface area contributed by atoms with Gasteiger partial charge in [0.15, 0.2) is 0 Å². The van der Waals surface area contributed by atoms with Crippen LogP contribution in [-0.2, 0) is 20.2 Å². The number of nitrogens with zero attached hydrogens (tertiary/aromatic N) is 1. The summed E-state index contributed by atoms with van der Waals surface area (Å²) < 4.78 is 80.4. The highest BCUT2D eigenvalue weighted by molar-refractivity contribution is 7.86. The molecule has 2 aliphatic rings. The van der Waals surface area contributed by atoms with Gasteiger partial charge in [-0.2, -0.15) is 16.8 Å². The van der Waals surface area contributed by atoms with E-state index in [4.69, 9.17) is 9.41 Å². The molecule has 0 bridgehead atoms. The molecule has 1 aliphatic heterocycles. The number of hydrogen-bond donors (Lipinski definition) is 10. The quantitative estimate of drug-likeness (QED) is 0.0327. The number of carboxylic acids is 1. The number of rotatable bonds is 11. The van der Waals surface area contributed by atoms with Crippen molar-refractivity contribution < 1.29 is 60.1 Å². The Kier molecular flexibility index (Phi) is 13.5. The molecule has 21 heteroatoms. The van der Waals surface area contributed by atoms with E-state index in [1.165, 1.54) is 48.5 Å². The summed E-state index contributed by atoms with van der Waals surface area (Å²) in [7, 11) is -10.0. The van der Waals surface area contributed by atoms with Gasteiger partial charge in [0.2, 0.25) is 0 Å². The lowest BCUT2D eigenvalue weighted by molar-refractivity contribution is 0.0693. The molecule has 0 aromatic heterocycles. The summed E-state index contributed by atoms with van der Waals surface area (Å²) in [5, 5.41) is 43.3. The van der Waals surface area contributed by atoms with E-state index in [0.717, 1.165) is 29.3 Å². The number of carbonyl (C=O) groups is 3. The molecule has 1 heterocycles. The van der Waals surface area contributed by atoms with Crippen LogP contribution in [0.1, 0.15) is 43.7 Å². The molecular weight excluding hydrogens is 981 g/mol. The van der Waals surface area contributed by atoms with E-state index in [2.05, 4.69) is 26.6 Å². The van der Waals surface area contributed by atoms with Crippen LogP contribution >= 0.6 is 0 Å². The van der Waals surface area contributed by atoms with Gasteiger partial charge in [-0.15, -0.1) is 0 Å². The number of carbonyl (C=O) groups excluding carboxylic acids is 2. The van der Waals surface area contributed by atoms with Gasteiger partial charge < -0.3 is 46.3 Å². The van der Waals surface area contributed by atoms with Crippen molar-refractivity contribution in [3.8, 4) is 33.9 Å². The van der Waals surface area contributed by atoms with Gasteiger partial charge in [0.1, 0.15) is 38.2 Å². The van der Waals surface area contributed by atoms with Crippen LogP contribution in [-0.4, -0.2) is 59.3 Å². The first-order valence-electron chi connectivity index (χ1n) is 22.0. The number of amides is 4. The largest absolute Gasteiger partial charge is 0.508 e. The Bertz CT molecular complexity index is 3890. The van der Waals surface area contributed by atoms with Crippen LogP contribution < -0.4 is 31.9 Å². The number of urea groups is 2. The summed E-state index contributed by atoms with van der Waals surface area (Å²) in [4.78, 5) is 41.6. The smallest absolute Gasteiger partial charge is 0.339 e. The van der Waals surface area contributed by atoms with Crippen molar-refractivity contribution in [1.82, 2.24) is 0 Å². The van der Waals surface area contributed by atoms with E-state index in [-0.39, 0.29) is 61.6 Å². The maximum absolute atomic E-state index is 13.4. The lowest BCUT2D eigenvalue weighted by Gasteiger charge is -2.21. The van der Waals surface area contributed by atoms with Crippen molar-refractivity contribution >= 4 is 89.0 Å². The van der Waals surface area contributed by atoms with Gasteiger partial charge in [0.05, 0.1) is 22.4 Å². The van der Waals surface area contributed by atoms with Crippen LogP contribution in [0.5, 0.6) is 11.5 Å². The minimum Gasteiger partial charge on any atom is -0.508 e. The normalized spacial score (nSPS) is 11.9. The van der Waals surface area contributed by atoms with E-state index in [0.29, 0.717) is 45.0 Å². The number of aromatic carboxylic acids is 1. The van der Waals surface area contributed by atoms with Gasteiger partial charge in [-0.05, 0) is 142 Å². The second kappa shape index (κ2) is 19.4. The third-order valence-electron chi connectivity index (χ3n) is 12.0. The Balaban J connectivity index is 1.27. The number of phenols is 2. The molecule has 0 spiro atoms. The van der Waals surface area contributed by atoms with Crippen LogP contribution in [0.2, 0.25) is 0 Å². The second-order valence-electron chi connectivity index (χ2n) is 17.2. The van der Waals surface area contributed by atoms with Crippen molar-refractivity contribution in [2.45, 2.75) is 51.3 Å². The number of anilines is 6. The van der Waals surface area contributed by atoms with E-state index in [1.54, 1.807) is 57.2 Å². The molecule has 1 aliphatic carbocycles. The SMILES string of the molecule is Cc1cc(C)c(NC(=O)Nc2ccc(O)c(C(=O)O)c2)c(C)c1N=c1cc2oc3cc(Nc4c(C)cc(C)c(NC(=O)Nc5ccc(O)cc5)c4C)ccc3c(-c3ccccc3S(=O)(=O)O)c-2cc1S(=O)(=O)O. The van der Waals surface area contributed by atoms with Crippen LogP contribution in [0.4, 0.5) is 49.4 Å². The molecule has 4 amide bonds. The van der Waals surface area contributed by atoms with E-state index < -0.39 is 59.4 Å². The highest BCUT2D eigenvalue weighted by Gasteiger charge is 2.28. The van der Waals surface area contributed by atoms with Crippen molar-refractivity contribution in [1.29, 1.82) is 0 Å². The number of fused-ring (bicyclic) bond motifs is 2. The van der Waals surface area contributed by atoms with Crippen LogP contribution in [0.15, 0.2) is 128 Å². The molecule has 0 unspecified atom stereocenters. The highest BCUT2D eigenvalue weighted by Crippen LogP contribution is 2.44. The lowest BCUT2D eigenvalue weighted by atomic mass is 9.93. The summed E-state index contributed by atoms with van der Waals surface area (Å²) in [6.45, 7) is 10.6. The van der Waals surface area contributed by atoms with Gasteiger partial charge in [-0.1, -0.05) is 30.3 Å². The number of carboxylic acid groups (broad SMARTS) is 1. The third-order valence-corrected chi connectivity index (χ3v) is 13.8. The van der Waals surface area contributed by atoms with Crippen molar-refractivity contribution in [3.63, 3.8) is 0 Å². The molecule has 19 nitrogen and oxygen atoms in total. The molecule has 6 aromatic carbocycles. The Morgan fingerprint density at radius 3 is 1.78 bits per heavy atom. The van der Waals surface area contributed by atoms with Crippen molar-refractivity contribution in [2.24, 2.45) is 4.99 Å². The van der Waals surface area contributed by atoms with E-state index in [1.807, 2.05) is 26.8 Å². The van der Waals surface area contributed by atoms with E-state index in [9.17, 15) is 55.6 Å². The molecule has 8 rings (SSSR count). The average molecular weight is 1030 g/mol. The number of aryl methyl sites for hydroxylation is 4. The number of nitrogens with one attached hydrogen (secondary N) is 5. The molecule has 10 N–H and O–H groups in total. The fourth-order valence-electron chi connectivity index (χ4n) is 8.72. The van der Waals surface area contributed by atoms with E-state index >= 15 is 0 Å². The zero-order valence-corrected chi connectivity index (χ0v) is 41.3. The first-order valence-corrected chi connectivity index (χ1v) is 24.9. The number of aromatic hydroxyl groups is 2. The monoisotopic (exact) mass is 1030 g/mol. The van der Waals surface area contributed by atoms with Gasteiger partial charge in [0, 0.05) is 57.0 Å². The van der Waals surface area contributed by atoms with Crippen LogP contribution in [0.25, 0.3) is 33.4 Å². The molecule has 0 radical (unpaired) electrons. The third kappa shape index (κ3) is 10.5. The minimum absolute atomic E-state index is 0.0130. The first kappa shape index (κ1) is 50.6. The van der Waals surface area contributed by atoms with Gasteiger partial charge in [-0.25, -0.2) is 19.4 Å². The Hall–Kier alpha value is -8.76. The summed E-state index contributed by atoms with van der Waals surface area (Å²) in [6.07, 6.45) is 0. The van der Waals surface area contributed by atoms with Crippen LogP contribution in [0.3, 0.4) is 0 Å². The molecule has 374 valence electrons.